The first-order chi connectivity index (χ1) is 14.3. The summed E-state index contributed by atoms with van der Waals surface area (Å²) in [5.41, 5.74) is 0.0150. The Morgan fingerprint density at radius 2 is 1.47 bits per heavy atom. The Bertz CT molecular complexity index is 1460. The van der Waals surface area contributed by atoms with Crippen LogP contribution in [0.3, 0.4) is 0 Å². The highest BCUT2D eigenvalue weighted by Gasteiger charge is 2.21. The zero-order valence-electron chi connectivity index (χ0n) is 16.2. The molecule has 4 aromatic rings. The average molecular weight is 425 g/mol. The highest BCUT2D eigenvalue weighted by Crippen LogP contribution is 2.15. The van der Waals surface area contributed by atoms with Crippen molar-refractivity contribution >= 4 is 28.7 Å². The zero-order chi connectivity index (χ0) is 21.6. The maximum Gasteiger partial charge on any atom is 0.334 e. The molecular formula is C21H17ClN4O4. The van der Waals surface area contributed by atoms with E-state index in [1.54, 1.807) is 24.3 Å². The summed E-state index contributed by atoms with van der Waals surface area (Å²) in [5, 5.41) is 0.660. The van der Waals surface area contributed by atoms with Crippen LogP contribution in [0, 0.1) is 0 Å². The number of carbonyl (C=O) groups is 1. The van der Waals surface area contributed by atoms with E-state index in [4.69, 9.17) is 11.6 Å². The molecule has 0 aliphatic carbocycles. The molecule has 2 aromatic carbocycles. The van der Waals surface area contributed by atoms with Crippen molar-refractivity contribution in [1.82, 2.24) is 18.7 Å². The number of nitrogens with one attached hydrogen (secondary N) is 1. The van der Waals surface area contributed by atoms with E-state index in [1.165, 1.54) is 14.1 Å². The van der Waals surface area contributed by atoms with Crippen LogP contribution in [-0.4, -0.2) is 24.6 Å². The van der Waals surface area contributed by atoms with Gasteiger partial charge in [-0.3, -0.25) is 23.7 Å². The second-order valence-electron chi connectivity index (χ2n) is 6.97. The maximum atomic E-state index is 13.0. The largest absolute Gasteiger partial charge is 0.334 e. The van der Waals surface area contributed by atoms with Gasteiger partial charge in [0, 0.05) is 24.7 Å². The highest BCUT2D eigenvalue weighted by atomic mass is 35.5. The van der Waals surface area contributed by atoms with Crippen LogP contribution in [0.15, 0.2) is 62.9 Å². The number of fused-ring (bicyclic) bond motifs is 1. The fraction of sp³-hybridized carbons (Fsp3) is 0.143. The molecule has 0 aliphatic rings. The number of aryl methyl sites for hydroxylation is 1. The first-order valence-electron chi connectivity index (χ1n) is 9.06. The van der Waals surface area contributed by atoms with E-state index < -0.39 is 22.8 Å². The minimum Gasteiger partial charge on any atom is -0.291 e. The number of H-pyrrole nitrogens is 1. The topological polar surface area (TPSA) is 98.9 Å². The second kappa shape index (κ2) is 7.31. The van der Waals surface area contributed by atoms with Gasteiger partial charge in [-0.1, -0.05) is 35.9 Å². The van der Waals surface area contributed by atoms with Crippen LogP contribution in [0.25, 0.3) is 11.2 Å². The summed E-state index contributed by atoms with van der Waals surface area (Å²) >= 11 is 5.90. The molecule has 0 atom stereocenters. The first-order valence-corrected chi connectivity index (χ1v) is 9.44. The molecule has 1 N–H and O–H groups in total. The molecule has 152 valence electrons. The lowest BCUT2D eigenvalue weighted by molar-refractivity contribution is 0.0960. The molecule has 8 nitrogen and oxygen atoms in total. The van der Waals surface area contributed by atoms with Crippen molar-refractivity contribution in [3.63, 3.8) is 0 Å². The standard InChI is InChI=1S/C21H17ClN4O4/c1-24-17-16(19(28)25(2)21(24)30)26(20(29)23-17)18(27)14-7-3-12(4-8-14)11-13-5-9-15(22)10-6-13/h3-10H,11H2,1-2H3,(H,23,29). The summed E-state index contributed by atoms with van der Waals surface area (Å²) < 4.78 is 2.75. The summed E-state index contributed by atoms with van der Waals surface area (Å²) in [5.74, 6) is -0.653. The fourth-order valence-corrected chi connectivity index (χ4v) is 3.48. The molecule has 0 bridgehead atoms. The number of nitrogens with zero attached hydrogens (tertiary/aromatic N) is 3. The normalized spacial score (nSPS) is 11.2. The lowest BCUT2D eigenvalue weighted by Gasteiger charge is -2.07. The molecule has 0 unspecified atom stereocenters. The monoisotopic (exact) mass is 424 g/mol. The Hall–Kier alpha value is -3.65. The van der Waals surface area contributed by atoms with E-state index in [9.17, 15) is 19.2 Å². The summed E-state index contributed by atoms with van der Waals surface area (Å²) in [6, 6.07) is 14.2. The average Bonchev–Trinajstić information content (AvgIpc) is 3.09. The Kier molecular flexibility index (Phi) is 4.79. The number of halogens is 1. The third-order valence-electron chi connectivity index (χ3n) is 5.02. The number of carbonyl (C=O) groups excluding carboxylic acids is 1. The number of hydrogen-bond donors (Lipinski definition) is 1. The van der Waals surface area contributed by atoms with Crippen molar-refractivity contribution in [2.24, 2.45) is 14.1 Å². The number of hydrogen-bond acceptors (Lipinski definition) is 4. The Balaban J connectivity index is 1.73. The molecule has 0 spiro atoms. The van der Waals surface area contributed by atoms with Gasteiger partial charge < -0.3 is 0 Å². The van der Waals surface area contributed by atoms with Gasteiger partial charge in [-0.2, -0.15) is 0 Å². The van der Waals surface area contributed by atoms with Gasteiger partial charge in [0.15, 0.2) is 5.52 Å². The second-order valence-corrected chi connectivity index (χ2v) is 7.41. The molecule has 0 saturated heterocycles. The third kappa shape index (κ3) is 3.21. The van der Waals surface area contributed by atoms with Gasteiger partial charge in [-0.25, -0.2) is 14.2 Å². The van der Waals surface area contributed by atoms with Crippen molar-refractivity contribution in [3.05, 3.63) is 102 Å². The molecule has 9 heteroatoms. The quantitative estimate of drug-likeness (QED) is 0.540. The van der Waals surface area contributed by atoms with E-state index in [-0.39, 0.29) is 16.7 Å². The first kappa shape index (κ1) is 19.7. The number of imidazole rings is 1. The van der Waals surface area contributed by atoms with Crippen LogP contribution >= 0.6 is 11.6 Å². The van der Waals surface area contributed by atoms with Crippen LogP contribution in [-0.2, 0) is 20.5 Å². The van der Waals surface area contributed by atoms with Gasteiger partial charge in [0.05, 0.1) is 0 Å². The van der Waals surface area contributed by atoms with Gasteiger partial charge in [0.25, 0.3) is 11.5 Å². The zero-order valence-corrected chi connectivity index (χ0v) is 16.9. The van der Waals surface area contributed by atoms with E-state index in [1.807, 2.05) is 24.3 Å². The lowest BCUT2D eigenvalue weighted by atomic mass is 10.0. The Morgan fingerprint density at radius 1 is 0.900 bits per heavy atom. The van der Waals surface area contributed by atoms with Crippen molar-refractivity contribution in [1.29, 1.82) is 0 Å². The Morgan fingerprint density at radius 3 is 2.07 bits per heavy atom. The summed E-state index contributed by atoms with van der Waals surface area (Å²) in [6.07, 6.45) is 0.654. The minimum absolute atomic E-state index is 0.000749. The number of aromatic nitrogens is 4. The van der Waals surface area contributed by atoms with Crippen molar-refractivity contribution < 1.29 is 4.79 Å². The SMILES string of the molecule is Cn1c(=O)c2c([nH]c(=O)n2C(=O)c2ccc(Cc3ccc(Cl)cc3)cc2)n(C)c1=O. The molecule has 0 fully saturated rings. The molecule has 2 heterocycles. The van der Waals surface area contributed by atoms with Gasteiger partial charge in [-0.05, 0) is 41.8 Å². The predicted molar refractivity (Wildman–Crippen MR) is 113 cm³/mol. The molecule has 30 heavy (non-hydrogen) atoms. The Labute approximate surface area is 174 Å². The van der Waals surface area contributed by atoms with Crippen LogP contribution in [0.5, 0.6) is 0 Å². The summed E-state index contributed by atoms with van der Waals surface area (Å²) in [4.78, 5) is 52.5. The van der Waals surface area contributed by atoms with E-state index in [0.29, 0.717) is 11.4 Å². The fourth-order valence-electron chi connectivity index (χ4n) is 3.36. The van der Waals surface area contributed by atoms with Crippen LogP contribution in [0.4, 0.5) is 0 Å². The third-order valence-corrected chi connectivity index (χ3v) is 5.27. The molecule has 4 rings (SSSR count). The van der Waals surface area contributed by atoms with Crippen molar-refractivity contribution in [3.8, 4) is 0 Å². The van der Waals surface area contributed by atoms with E-state index in [0.717, 1.165) is 24.8 Å². The summed E-state index contributed by atoms with van der Waals surface area (Å²) in [6.45, 7) is 0. The molecule has 0 saturated carbocycles. The molecule has 0 amide bonds. The lowest BCUT2D eigenvalue weighted by Crippen LogP contribution is -2.38. The molecule has 0 radical (unpaired) electrons. The highest BCUT2D eigenvalue weighted by molar-refractivity contribution is 6.30. The van der Waals surface area contributed by atoms with E-state index in [2.05, 4.69) is 4.98 Å². The molecular weight excluding hydrogens is 408 g/mol. The van der Waals surface area contributed by atoms with Gasteiger partial charge >= 0.3 is 11.4 Å². The van der Waals surface area contributed by atoms with Crippen LogP contribution in [0.2, 0.25) is 5.02 Å². The van der Waals surface area contributed by atoms with Crippen molar-refractivity contribution in [2.75, 3.05) is 0 Å². The van der Waals surface area contributed by atoms with Gasteiger partial charge in [0.2, 0.25) is 0 Å². The number of aromatic amines is 1. The minimum atomic E-state index is -0.779. The maximum absolute atomic E-state index is 13.0. The predicted octanol–water partition coefficient (Wildman–Crippen LogP) is 1.66. The summed E-state index contributed by atoms with van der Waals surface area (Å²) in [7, 11) is 2.71. The van der Waals surface area contributed by atoms with Gasteiger partial charge in [0.1, 0.15) is 5.65 Å². The molecule has 2 aromatic heterocycles. The van der Waals surface area contributed by atoms with Crippen LogP contribution in [0.1, 0.15) is 21.5 Å². The van der Waals surface area contributed by atoms with Gasteiger partial charge in [-0.15, -0.1) is 0 Å². The number of rotatable bonds is 3. The molecule has 0 aliphatic heterocycles. The van der Waals surface area contributed by atoms with Crippen molar-refractivity contribution in [2.45, 2.75) is 6.42 Å². The van der Waals surface area contributed by atoms with E-state index >= 15 is 0 Å². The smallest absolute Gasteiger partial charge is 0.291 e. The van der Waals surface area contributed by atoms with Crippen LogP contribution < -0.4 is 16.9 Å². The number of benzene rings is 2.